The number of ether oxygens (including phenoxy) is 2. The van der Waals surface area contributed by atoms with E-state index in [1.165, 1.54) is 42.7 Å². The van der Waals surface area contributed by atoms with E-state index in [0.29, 0.717) is 34.7 Å². The molecule has 1 amide bonds. The highest BCUT2D eigenvalue weighted by Gasteiger charge is 2.39. The Hall–Kier alpha value is -2.99. The molecule has 3 heterocycles. The van der Waals surface area contributed by atoms with Gasteiger partial charge >= 0.3 is 6.18 Å². The maximum absolute atomic E-state index is 13.4. The number of hydrogen-bond acceptors (Lipinski definition) is 6. The van der Waals surface area contributed by atoms with Crippen LogP contribution >= 0.6 is 11.3 Å². The number of aromatic nitrogens is 1. The van der Waals surface area contributed by atoms with E-state index in [1.54, 1.807) is 6.07 Å². The first-order valence-electron chi connectivity index (χ1n) is 12.7. The number of alkyl halides is 5. The average molecular weight is 570 g/mol. The molecule has 2 saturated heterocycles. The third-order valence-electron chi connectivity index (χ3n) is 7.34. The van der Waals surface area contributed by atoms with Crippen LogP contribution in [0.1, 0.15) is 53.0 Å². The molecule has 210 valence electrons. The molecular weight excluding hydrogens is 541 g/mol. The zero-order valence-electron chi connectivity index (χ0n) is 21.1. The summed E-state index contributed by atoms with van der Waals surface area (Å²) in [4.78, 5) is 19.7. The molecule has 0 aliphatic carbocycles. The highest BCUT2D eigenvalue weighted by molar-refractivity contribution is 7.18. The highest BCUT2D eigenvalue weighted by Crippen LogP contribution is 2.39. The van der Waals surface area contributed by atoms with Crippen molar-refractivity contribution >= 4 is 27.5 Å². The molecule has 2 aliphatic rings. The number of rotatable bonds is 8. The predicted octanol–water partition coefficient (Wildman–Crippen LogP) is 6.28. The minimum Gasteiger partial charge on any atom is -0.493 e. The van der Waals surface area contributed by atoms with Gasteiger partial charge in [0.05, 0.1) is 29.4 Å². The number of para-hydroxylation sites is 1. The van der Waals surface area contributed by atoms with E-state index in [4.69, 9.17) is 9.47 Å². The fourth-order valence-corrected chi connectivity index (χ4v) is 6.65. The van der Waals surface area contributed by atoms with Gasteiger partial charge in [-0.1, -0.05) is 12.5 Å². The molecule has 0 spiro atoms. The lowest BCUT2D eigenvalue weighted by molar-refractivity contribution is -0.136. The second-order valence-electron chi connectivity index (χ2n) is 9.88. The first kappa shape index (κ1) is 27.6. The Kier molecular flexibility index (Phi) is 7.95. The van der Waals surface area contributed by atoms with Crippen LogP contribution in [0.15, 0.2) is 36.4 Å². The molecule has 5 rings (SSSR count). The molecule has 1 N–H and O–H groups in total. The van der Waals surface area contributed by atoms with E-state index in [2.05, 4.69) is 15.2 Å². The van der Waals surface area contributed by atoms with Crippen molar-refractivity contribution in [1.29, 1.82) is 0 Å². The fourth-order valence-electron chi connectivity index (χ4n) is 5.65. The van der Waals surface area contributed by atoms with Crippen molar-refractivity contribution < 1.29 is 36.2 Å². The van der Waals surface area contributed by atoms with Gasteiger partial charge in [-0.15, -0.1) is 11.3 Å². The number of thiazole rings is 1. The van der Waals surface area contributed by atoms with Gasteiger partial charge in [-0.05, 0) is 56.0 Å². The summed E-state index contributed by atoms with van der Waals surface area (Å²) in [5.74, 6) is 0.0324. The number of halogens is 5. The summed E-state index contributed by atoms with van der Waals surface area (Å²) in [7, 11) is 1.37. The Morgan fingerprint density at radius 3 is 2.56 bits per heavy atom. The molecule has 2 bridgehead atoms. The third kappa shape index (κ3) is 6.11. The number of carbonyl (C=O) groups excluding carboxylic acids is 1. The first-order chi connectivity index (χ1) is 18.6. The summed E-state index contributed by atoms with van der Waals surface area (Å²) in [6.45, 7) is -0.298. The lowest BCUT2D eigenvalue weighted by Crippen LogP contribution is -2.56. The van der Waals surface area contributed by atoms with Crippen LogP contribution in [0.25, 0.3) is 10.2 Å². The maximum Gasteiger partial charge on any atom is 0.418 e. The van der Waals surface area contributed by atoms with Gasteiger partial charge in [0.1, 0.15) is 11.6 Å². The van der Waals surface area contributed by atoms with Crippen LogP contribution < -0.4 is 14.8 Å². The van der Waals surface area contributed by atoms with Crippen LogP contribution in [0.4, 0.5) is 22.0 Å². The molecule has 3 aromatic rings. The summed E-state index contributed by atoms with van der Waals surface area (Å²) in [5.41, 5.74) is -0.383. The van der Waals surface area contributed by atoms with Crippen molar-refractivity contribution in [3.8, 4) is 11.5 Å². The van der Waals surface area contributed by atoms with E-state index in [-0.39, 0.29) is 41.0 Å². The topological polar surface area (TPSA) is 63.7 Å². The van der Waals surface area contributed by atoms with Crippen LogP contribution in [0.2, 0.25) is 0 Å². The predicted molar refractivity (Wildman–Crippen MR) is 137 cm³/mol. The van der Waals surface area contributed by atoms with Crippen molar-refractivity contribution in [2.24, 2.45) is 0 Å². The van der Waals surface area contributed by atoms with Crippen molar-refractivity contribution in [2.45, 2.75) is 69.4 Å². The van der Waals surface area contributed by atoms with Crippen LogP contribution in [0, 0.1) is 0 Å². The van der Waals surface area contributed by atoms with E-state index >= 15 is 0 Å². The average Bonchev–Trinajstić information content (AvgIpc) is 3.29. The maximum atomic E-state index is 13.4. The summed E-state index contributed by atoms with van der Waals surface area (Å²) < 4.78 is 76.1. The Balaban J connectivity index is 1.26. The highest BCUT2D eigenvalue weighted by atomic mass is 32.1. The SMILES string of the molecule is COc1cc(C(=O)NC2CC3CCCC(C2)N3Cc2nc3c(C(F)(F)F)cccc3s2)ccc1OCC(F)F. The zero-order valence-corrected chi connectivity index (χ0v) is 22.0. The van der Waals surface area contributed by atoms with E-state index in [0.717, 1.165) is 25.3 Å². The minimum absolute atomic E-state index is 0.00152. The largest absolute Gasteiger partial charge is 0.493 e. The molecule has 6 nitrogen and oxygen atoms in total. The second kappa shape index (κ2) is 11.2. The van der Waals surface area contributed by atoms with Gasteiger partial charge in [-0.2, -0.15) is 13.2 Å². The number of carbonyl (C=O) groups is 1. The van der Waals surface area contributed by atoms with Gasteiger partial charge in [-0.3, -0.25) is 9.69 Å². The normalized spacial score (nSPS) is 21.8. The molecule has 2 aromatic carbocycles. The zero-order chi connectivity index (χ0) is 27.7. The molecule has 0 saturated carbocycles. The Morgan fingerprint density at radius 2 is 1.90 bits per heavy atom. The Bertz CT molecular complexity index is 1320. The Labute approximate surface area is 226 Å². The van der Waals surface area contributed by atoms with Crippen LogP contribution in [-0.4, -0.2) is 54.1 Å². The van der Waals surface area contributed by atoms with Crippen molar-refractivity contribution in [1.82, 2.24) is 15.2 Å². The summed E-state index contributed by atoms with van der Waals surface area (Å²) in [6.07, 6.45) is -2.73. The molecule has 0 radical (unpaired) electrons. The Morgan fingerprint density at radius 1 is 1.15 bits per heavy atom. The van der Waals surface area contributed by atoms with Gasteiger partial charge in [-0.25, -0.2) is 13.8 Å². The van der Waals surface area contributed by atoms with Gasteiger partial charge in [0, 0.05) is 23.7 Å². The number of fused-ring (bicyclic) bond motifs is 3. The monoisotopic (exact) mass is 569 g/mol. The van der Waals surface area contributed by atoms with Crippen molar-refractivity contribution in [3.05, 3.63) is 52.5 Å². The molecule has 2 aliphatic heterocycles. The fraction of sp³-hybridized carbons (Fsp3) is 0.481. The van der Waals surface area contributed by atoms with E-state index < -0.39 is 24.8 Å². The lowest BCUT2D eigenvalue weighted by atomic mass is 9.81. The summed E-state index contributed by atoms with van der Waals surface area (Å²) in [5, 5.41) is 3.75. The van der Waals surface area contributed by atoms with Crippen LogP contribution in [-0.2, 0) is 12.7 Å². The van der Waals surface area contributed by atoms with Crippen LogP contribution in [0.5, 0.6) is 11.5 Å². The third-order valence-corrected chi connectivity index (χ3v) is 8.34. The number of methoxy groups -OCH3 is 1. The smallest absolute Gasteiger partial charge is 0.418 e. The molecule has 39 heavy (non-hydrogen) atoms. The van der Waals surface area contributed by atoms with Crippen LogP contribution in [0.3, 0.4) is 0 Å². The van der Waals surface area contributed by atoms with E-state index in [1.807, 2.05) is 0 Å². The lowest BCUT2D eigenvalue weighted by Gasteiger charge is -2.48. The number of benzene rings is 2. The van der Waals surface area contributed by atoms with Gasteiger partial charge in [0.15, 0.2) is 11.5 Å². The van der Waals surface area contributed by atoms with Crippen molar-refractivity contribution in [3.63, 3.8) is 0 Å². The van der Waals surface area contributed by atoms with Gasteiger partial charge in [0.2, 0.25) is 0 Å². The molecule has 2 fully saturated rings. The molecular formula is C27H28F5N3O3S. The first-order valence-corrected chi connectivity index (χ1v) is 13.5. The quantitative estimate of drug-likeness (QED) is 0.324. The molecule has 2 unspecified atom stereocenters. The van der Waals surface area contributed by atoms with Gasteiger partial charge < -0.3 is 14.8 Å². The molecule has 12 heteroatoms. The van der Waals surface area contributed by atoms with Crippen molar-refractivity contribution in [2.75, 3.05) is 13.7 Å². The molecule has 2 atom stereocenters. The second-order valence-corrected chi connectivity index (χ2v) is 11.0. The number of piperidine rings is 2. The minimum atomic E-state index is -4.46. The van der Waals surface area contributed by atoms with Gasteiger partial charge in [0.25, 0.3) is 12.3 Å². The number of amides is 1. The van der Waals surface area contributed by atoms with E-state index in [9.17, 15) is 26.7 Å². The standard InChI is InChI=1S/C27H28F5N3O3S/c1-37-21-10-15(8-9-20(21)38-14-23(28)29)26(36)33-16-11-17-4-2-5-18(12-16)35(17)13-24-34-25-19(27(30,31)32)6-3-7-22(25)39-24/h3,6-10,16-18,23H,2,4-5,11-14H2,1H3,(H,33,36). The number of hydrogen-bond donors (Lipinski definition) is 1. The summed E-state index contributed by atoms with van der Waals surface area (Å²) in [6, 6.07) is 8.84. The number of nitrogens with zero attached hydrogens (tertiary/aromatic N) is 2. The molecule has 1 aromatic heterocycles. The number of nitrogens with one attached hydrogen (secondary N) is 1. The summed E-state index contributed by atoms with van der Waals surface area (Å²) >= 11 is 1.29.